The second-order valence-corrected chi connectivity index (χ2v) is 2.72. The highest BCUT2D eigenvalue weighted by atomic mass is 14.6. The van der Waals surface area contributed by atoms with E-state index in [2.05, 4.69) is 26.8 Å². The molecule has 0 aliphatic heterocycles. The van der Waals surface area contributed by atoms with Crippen molar-refractivity contribution in [3.63, 3.8) is 0 Å². The maximum atomic E-state index is 5.69. The number of nitrogen functional groups attached to an aromatic ring is 1. The number of rotatable bonds is 0. The molecule has 0 saturated carbocycles. The molecule has 0 aliphatic carbocycles. The summed E-state index contributed by atoms with van der Waals surface area (Å²) in [6, 6.07) is 4.01. The van der Waals surface area contributed by atoms with Crippen molar-refractivity contribution in [1.29, 1.82) is 0 Å². The fourth-order valence-electron chi connectivity index (χ4n) is 0.977. The van der Waals surface area contributed by atoms with Crippen molar-refractivity contribution in [3.8, 4) is 0 Å². The maximum Gasteiger partial charge on any atom is 0.0346 e. The molecule has 2 nitrogen and oxygen atoms in total. The summed E-state index contributed by atoms with van der Waals surface area (Å²) in [4.78, 5) is 0. The predicted molar refractivity (Wildman–Crippen MR) is 50.1 cm³/mol. The van der Waals surface area contributed by atoms with Gasteiger partial charge in [0.1, 0.15) is 0 Å². The molecular weight excluding hydrogens is 136 g/mol. The van der Waals surface area contributed by atoms with E-state index in [1.807, 2.05) is 6.07 Å². The molecule has 1 aromatic rings. The van der Waals surface area contributed by atoms with Crippen LogP contribution in [0.1, 0.15) is 16.7 Å². The van der Waals surface area contributed by atoms with Gasteiger partial charge in [0.15, 0.2) is 0 Å². The first-order valence-corrected chi connectivity index (χ1v) is 3.45. The third kappa shape index (κ3) is 1.71. The van der Waals surface area contributed by atoms with Gasteiger partial charge in [0.05, 0.1) is 0 Å². The minimum absolute atomic E-state index is 0. The Balaban J connectivity index is 0.000001000. The normalized spacial score (nSPS) is 9.00. The van der Waals surface area contributed by atoms with Gasteiger partial charge < -0.3 is 11.9 Å². The second-order valence-electron chi connectivity index (χ2n) is 2.72. The topological polar surface area (TPSA) is 61.0 Å². The van der Waals surface area contributed by atoms with E-state index in [0.717, 1.165) is 5.69 Å². The standard InChI is InChI=1S/C9H13N.H3N/c1-6-4-5-9(10)8(3)7(6)2;/h4-5H,10H2,1-3H3;1H3. The fourth-order valence-corrected chi connectivity index (χ4v) is 0.977. The van der Waals surface area contributed by atoms with Crippen LogP contribution in [0.3, 0.4) is 0 Å². The van der Waals surface area contributed by atoms with Gasteiger partial charge in [0.2, 0.25) is 0 Å². The zero-order valence-electron chi connectivity index (χ0n) is 7.44. The van der Waals surface area contributed by atoms with Crippen molar-refractivity contribution in [2.24, 2.45) is 0 Å². The summed E-state index contributed by atoms with van der Waals surface area (Å²) in [5.74, 6) is 0. The van der Waals surface area contributed by atoms with Crippen LogP contribution in [0.5, 0.6) is 0 Å². The highest BCUT2D eigenvalue weighted by Crippen LogP contribution is 2.17. The van der Waals surface area contributed by atoms with Crippen molar-refractivity contribution in [2.75, 3.05) is 5.73 Å². The van der Waals surface area contributed by atoms with Crippen molar-refractivity contribution in [1.82, 2.24) is 6.15 Å². The molecule has 2 heteroatoms. The Bertz CT molecular complexity index is 227. The van der Waals surface area contributed by atoms with E-state index in [-0.39, 0.29) is 6.15 Å². The predicted octanol–water partition coefficient (Wildman–Crippen LogP) is 2.36. The van der Waals surface area contributed by atoms with E-state index >= 15 is 0 Å². The molecule has 0 bridgehead atoms. The molecule has 1 aromatic carbocycles. The first-order chi connectivity index (χ1) is 4.63. The summed E-state index contributed by atoms with van der Waals surface area (Å²) in [6.45, 7) is 6.25. The summed E-state index contributed by atoms with van der Waals surface area (Å²) in [5.41, 5.74) is 10.4. The molecule has 0 atom stereocenters. The fraction of sp³-hybridized carbons (Fsp3) is 0.333. The first kappa shape index (κ1) is 9.98. The monoisotopic (exact) mass is 152 g/mol. The molecule has 0 fully saturated rings. The summed E-state index contributed by atoms with van der Waals surface area (Å²) >= 11 is 0. The van der Waals surface area contributed by atoms with Gasteiger partial charge in [0, 0.05) is 5.69 Å². The molecular formula is C9H16N2. The van der Waals surface area contributed by atoms with E-state index in [1.165, 1.54) is 16.7 Å². The largest absolute Gasteiger partial charge is 0.399 e. The summed E-state index contributed by atoms with van der Waals surface area (Å²) < 4.78 is 0. The molecule has 11 heavy (non-hydrogen) atoms. The lowest BCUT2D eigenvalue weighted by molar-refractivity contribution is 1.27. The van der Waals surface area contributed by atoms with Crippen LogP contribution in [0.2, 0.25) is 0 Å². The maximum absolute atomic E-state index is 5.69. The molecule has 0 saturated heterocycles. The van der Waals surface area contributed by atoms with Gasteiger partial charge in [-0.3, -0.25) is 0 Å². The molecule has 0 aromatic heterocycles. The number of nitrogens with two attached hydrogens (primary N) is 1. The molecule has 0 spiro atoms. The summed E-state index contributed by atoms with van der Waals surface area (Å²) in [6.07, 6.45) is 0. The van der Waals surface area contributed by atoms with E-state index in [1.54, 1.807) is 0 Å². The van der Waals surface area contributed by atoms with Gasteiger partial charge >= 0.3 is 0 Å². The number of hydrogen-bond acceptors (Lipinski definition) is 2. The minimum Gasteiger partial charge on any atom is -0.399 e. The molecule has 62 valence electrons. The Hall–Kier alpha value is -1.02. The van der Waals surface area contributed by atoms with Gasteiger partial charge in [0.25, 0.3) is 0 Å². The molecule has 0 radical (unpaired) electrons. The summed E-state index contributed by atoms with van der Waals surface area (Å²) in [5, 5.41) is 0. The Morgan fingerprint density at radius 2 is 1.55 bits per heavy atom. The van der Waals surface area contributed by atoms with Gasteiger partial charge in [-0.2, -0.15) is 0 Å². The molecule has 5 N–H and O–H groups in total. The van der Waals surface area contributed by atoms with Crippen molar-refractivity contribution < 1.29 is 0 Å². The quantitative estimate of drug-likeness (QED) is 0.560. The highest BCUT2D eigenvalue weighted by Gasteiger charge is 1.98. The minimum atomic E-state index is 0. The third-order valence-electron chi connectivity index (χ3n) is 2.10. The SMILES string of the molecule is Cc1ccc(N)c(C)c1C.N. The lowest BCUT2D eigenvalue weighted by Crippen LogP contribution is -1.93. The van der Waals surface area contributed by atoms with Gasteiger partial charge in [-0.05, 0) is 43.5 Å². The van der Waals surface area contributed by atoms with E-state index in [9.17, 15) is 0 Å². The number of anilines is 1. The van der Waals surface area contributed by atoms with E-state index in [4.69, 9.17) is 5.73 Å². The average molecular weight is 152 g/mol. The zero-order valence-corrected chi connectivity index (χ0v) is 7.44. The van der Waals surface area contributed by atoms with Crippen LogP contribution in [-0.4, -0.2) is 0 Å². The first-order valence-electron chi connectivity index (χ1n) is 3.45. The summed E-state index contributed by atoms with van der Waals surface area (Å²) in [7, 11) is 0. The smallest absolute Gasteiger partial charge is 0.0346 e. The Kier molecular flexibility index (Phi) is 3.08. The van der Waals surface area contributed by atoms with E-state index in [0.29, 0.717) is 0 Å². The second kappa shape index (κ2) is 3.39. The van der Waals surface area contributed by atoms with Crippen LogP contribution >= 0.6 is 0 Å². The lowest BCUT2D eigenvalue weighted by Gasteiger charge is -2.05. The van der Waals surface area contributed by atoms with Gasteiger partial charge in [-0.15, -0.1) is 0 Å². The van der Waals surface area contributed by atoms with Crippen LogP contribution < -0.4 is 11.9 Å². The lowest BCUT2D eigenvalue weighted by atomic mass is 10.0. The number of hydrogen-bond donors (Lipinski definition) is 2. The van der Waals surface area contributed by atoms with Crippen molar-refractivity contribution >= 4 is 5.69 Å². The Morgan fingerprint density at radius 1 is 1.00 bits per heavy atom. The van der Waals surface area contributed by atoms with Crippen molar-refractivity contribution in [3.05, 3.63) is 28.8 Å². The average Bonchev–Trinajstić information content (AvgIpc) is 1.93. The third-order valence-corrected chi connectivity index (χ3v) is 2.10. The van der Waals surface area contributed by atoms with E-state index < -0.39 is 0 Å². The Labute approximate surface area is 68.0 Å². The van der Waals surface area contributed by atoms with Crippen LogP contribution in [0.4, 0.5) is 5.69 Å². The molecule has 0 heterocycles. The number of benzene rings is 1. The number of aryl methyl sites for hydroxylation is 1. The molecule has 1 rings (SSSR count). The highest BCUT2D eigenvalue weighted by molar-refractivity contribution is 5.52. The van der Waals surface area contributed by atoms with Crippen LogP contribution in [0.25, 0.3) is 0 Å². The molecule has 0 unspecified atom stereocenters. The van der Waals surface area contributed by atoms with Crippen LogP contribution in [0.15, 0.2) is 12.1 Å². The Morgan fingerprint density at radius 3 is 2.00 bits per heavy atom. The molecule has 0 aliphatic rings. The zero-order chi connectivity index (χ0) is 7.72. The van der Waals surface area contributed by atoms with Crippen LogP contribution in [0, 0.1) is 20.8 Å². The molecule has 0 amide bonds. The van der Waals surface area contributed by atoms with Gasteiger partial charge in [-0.1, -0.05) is 6.07 Å². The van der Waals surface area contributed by atoms with Crippen LogP contribution in [-0.2, 0) is 0 Å². The van der Waals surface area contributed by atoms with Gasteiger partial charge in [-0.25, -0.2) is 0 Å². The van der Waals surface area contributed by atoms with Crippen molar-refractivity contribution in [2.45, 2.75) is 20.8 Å².